The van der Waals surface area contributed by atoms with Crippen molar-refractivity contribution < 1.29 is 19.4 Å². The van der Waals surface area contributed by atoms with Gasteiger partial charge in [-0.2, -0.15) is 0 Å². The van der Waals surface area contributed by atoms with E-state index in [0.717, 1.165) is 12.8 Å². The van der Waals surface area contributed by atoms with Gasteiger partial charge in [0.1, 0.15) is 6.61 Å². The van der Waals surface area contributed by atoms with E-state index < -0.39 is 17.4 Å². The molecule has 0 aliphatic heterocycles. The maximum absolute atomic E-state index is 11.9. The molecule has 1 amide bonds. The van der Waals surface area contributed by atoms with E-state index in [1.165, 1.54) is 25.1 Å². The lowest BCUT2D eigenvalue weighted by Crippen LogP contribution is -2.50. The monoisotopic (exact) mass is 347 g/mol. The molecule has 0 bridgehead atoms. The van der Waals surface area contributed by atoms with Crippen LogP contribution >= 0.6 is 23.2 Å². The fraction of sp³-hybridized carbons (Fsp3) is 0.467. The van der Waals surface area contributed by atoms with Crippen molar-refractivity contribution in [1.82, 2.24) is 5.32 Å². The van der Waals surface area contributed by atoms with Crippen molar-refractivity contribution in [2.75, 3.05) is 13.2 Å². The number of aliphatic carboxylic acids is 1. The Morgan fingerprint density at radius 1 is 1.32 bits per heavy atom. The van der Waals surface area contributed by atoms with E-state index in [0.29, 0.717) is 17.2 Å². The number of hydrogen-bond acceptors (Lipinski definition) is 3. The highest BCUT2D eigenvalue weighted by Gasteiger charge is 2.37. The lowest BCUT2D eigenvalue weighted by Gasteiger charge is -2.27. The Hall–Kier alpha value is -1.30. The first-order valence-electron chi connectivity index (χ1n) is 6.89. The number of carboxylic acid groups (broad SMARTS) is 1. The van der Waals surface area contributed by atoms with E-state index in [4.69, 9.17) is 27.9 Å². The van der Waals surface area contributed by atoms with Gasteiger partial charge >= 0.3 is 5.97 Å². The SMILES string of the molecule is CCCCOCC(=O)NC(C)(C(=O)O)c1ccc(Cl)c(Cl)c1. The van der Waals surface area contributed by atoms with Crippen LogP contribution < -0.4 is 5.32 Å². The average Bonchev–Trinajstić information content (AvgIpc) is 2.46. The van der Waals surface area contributed by atoms with Crippen LogP contribution in [0.2, 0.25) is 10.0 Å². The van der Waals surface area contributed by atoms with Crippen LogP contribution in [0, 0.1) is 0 Å². The van der Waals surface area contributed by atoms with E-state index in [2.05, 4.69) is 5.32 Å². The number of halogens is 2. The van der Waals surface area contributed by atoms with Gasteiger partial charge in [0.2, 0.25) is 5.91 Å². The molecule has 7 heteroatoms. The Kier molecular flexibility index (Phi) is 7.13. The normalized spacial score (nSPS) is 13.5. The molecule has 0 aromatic heterocycles. The number of carbonyl (C=O) groups excluding carboxylic acids is 1. The fourth-order valence-electron chi connectivity index (χ4n) is 1.78. The molecular formula is C15H19Cl2NO4. The molecule has 0 saturated carbocycles. The summed E-state index contributed by atoms with van der Waals surface area (Å²) in [4.78, 5) is 23.5. The van der Waals surface area contributed by atoms with Crippen molar-refractivity contribution in [2.45, 2.75) is 32.2 Å². The largest absolute Gasteiger partial charge is 0.479 e. The zero-order valence-electron chi connectivity index (χ0n) is 12.5. The summed E-state index contributed by atoms with van der Waals surface area (Å²) < 4.78 is 5.19. The molecule has 0 aliphatic carbocycles. The van der Waals surface area contributed by atoms with Crippen molar-refractivity contribution in [1.29, 1.82) is 0 Å². The van der Waals surface area contributed by atoms with Gasteiger partial charge in [0.25, 0.3) is 0 Å². The number of nitrogens with one attached hydrogen (secondary N) is 1. The molecule has 2 N–H and O–H groups in total. The first-order valence-corrected chi connectivity index (χ1v) is 7.64. The zero-order chi connectivity index (χ0) is 16.8. The molecule has 1 unspecified atom stereocenters. The van der Waals surface area contributed by atoms with Gasteiger partial charge in [-0.25, -0.2) is 4.79 Å². The van der Waals surface area contributed by atoms with Gasteiger partial charge in [-0.15, -0.1) is 0 Å². The van der Waals surface area contributed by atoms with Gasteiger partial charge in [-0.05, 0) is 31.0 Å². The van der Waals surface area contributed by atoms with Crippen molar-refractivity contribution in [2.24, 2.45) is 0 Å². The number of hydrogen-bond donors (Lipinski definition) is 2. The van der Waals surface area contributed by atoms with Crippen LogP contribution in [0.5, 0.6) is 0 Å². The van der Waals surface area contributed by atoms with E-state index in [9.17, 15) is 14.7 Å². The Morgan fingerprint density at radius 2 is 2.00 bits per heavy atom. The third-order valence-electron chi connectivity index (χ3n) is 3.19. The predicted molar refractivity (Wildman–Crippen MR) is 85.3 cm³/mol. The molecular weight excluding hydrogens is 329 g/mol. The lowest BCUT2D eigenvalue weighted by molar-refractivity contribution is -0.148. The predicted octanol–water partition coefficient (Wildman–Crippen LogP) is 3.23. The van der Waals surface area contributed by atoms with Crippen molar-refractivity contribution in [3.63, 3.8) is 0 Å². The first kappa shape index (κ1) is 18.7. The van der Waals surface area contributed by atoms with Gasteiger partial charge in [0, 0.05) is 6.61 Å². The summed E-state index contributed by atoms with van der Waals surface area (Å²) in [5, 5.41) is 12.5. The molecule has 1 aromatic carbocycles. The maximum Gasteiger partial charge on any atom is 0.333 e. The molecule has 122 valence electrons. The Labute approximate surface area is 139 Å². The number of ether oxygens (including phenoxy) is 1. The molecule has 22 heavy (non-hydrogen) atoms. The van der Waals surface area contributed by atoms with Gasteiger partial charge < -0.3 is 15.2 Å². The molecule has 0 aliphatic rings. The Bertz CT molecular complexity index is 550. The highest BCUT2D eigenvalue weighted by atomic mass is 35.5. The topological polar surface area (TPSA) is 75.6 Å². The molecule has 0 fully saturated rings. The van der Waals surface area contributed by atoms with Crippen molar-refractivity contribution in [3.8, 4) is 0 Å². The smallest absolute Gasteiger partial charge is 0.333 e. The summed E-state index contributed by atoms with van der Waals surface area (Å²) in [6, 6.07) is 4.43. The second-order valence-electron chi connectivity index (χ2n) is 5.01. The minimum Gasteiger partial charge on any atom is -0.479 e. The van der Waals surface area contributed by atoms with Gasteiger partial charge in [0.15, 0.2) is 5.54 Å². The number of amides is 1. The van der Waals surface area contributed by atoms with Crippen LogP contribution in [0.1, 0.15) is 32.3 Å². The minimum atomic E-state index is -1.61. The van der Waals surface area contributed by atoms with E-state index in [-0.39, 0.29) is 11.6 Å². The molecule has 0 spiro atoms. The summed E-state index contributed by atoms with van der Waals surface area (Å²) in [5.74, 6) is -1.71. The van der Waals surface area contributed by atoms with Crippen molar-refractivity contribution in [3.05, 3.63) is 33.8 Å². The van der Waals surface area contributed by atoms with Crippen LogP contribution in [0.25, 0.3) is 0 Å². The van der Waals surface area contributed by atoms with Gasteiger partial charge in [0.05, 0.1) is 10.0 Å². The third-order valence-corrected chi connectivity index (χ3v) is 3.93. The van der Waals surface area contributed by atoms with E-state index in [1.54, 1.807) is 0 Å². The van der Waals surface area contributed by atoms with Crippen molar-refractivity contribution >= 4 is 35.1 Å². The number of benzene rings is 1. The molecule has 0 saturated heterocycles. The number of carbonyl (C=O) groups is 2. The molecule has 0 radical (unpaired) electrons. The van der Waals surface area contributed by atoms with Crippen LogP contribution in [0.15, 0.2) is 18.2 Å². The second-order valence-corrected chi connectivity index (χ2v) is 5.83. The summed E-state index contributed by atoms with van der Waals surface area (Å²) in [6.45, 7) is 3.67. The number of carboxylic acids is 1. The van der Waals surface area contributed by atoms with E-state index >= 15 is 0 Å². The van der Waals surface area contributed by atoms with Crippen LogP contribution in [0.3, 0.4) is 0 Å². The highest BCUT2D eigenvalue weighted by molar-refractivity contribution is 6.42. The third kappa shape index (κ3) is 4.87. The standard InChI is InChI=1S/C15H19Cl2NO4/c1-3-4-7-22-9-13(19)18-15(2,14(20)21)10-5-6-11(16)12(17)8-10/h5-6,8H,3-4,7,9H2,1-2H3,(H,18,19)(H,20,21). The van der Waals surface area contributed by atoms with E-state index in [1.807, 2.05) is 6.92 Å². The Morgan fingerprint density at radius 3 is 2.55 bits per heavy atom. The summed E-state index contributed by atoms with van der Waals surface area (Å²) in [6.07, 6.45) is 1.80. The average molecular weight is 348 g/mol. The minimum absolute atomic E-state index is 0.190. The van der Waals surface area contributed by atoms with Crippen LogP contribution in [-0.2, 0) is 19.9 Å². The molecule has 1 atom stereocenters. The van der Waals surface area contributed by atoms with Gasteiger partial charge in [-0.1, -0.05) is 42.6 Å². The maximum atomic E-state index is 11.9. The molecule has 1 aromatic rings. The molecule has 0 heterocycles. The summed E-state index contributed by atoms with van der Waals surface area (Å²) >= 11 is 11.7. The lowest BCUT2D eigenvalue weighted by atomic mass is 9.92. The van der Waals surface area contributed by atoms with Crippen LogP contribution in [0.4, 0.5) is 0 Å². The van der Waals surface area contributed by atoms with Crippen LogP contribution in [-0.4, -0.2) is 30.2 Å². The van der Waals surface area contributed by atoms with Gasteiger partial charge in [-0.3, -0.25) is 4.79 Å². The quantitative estimate of drug-likeness (QED) is 0.708. The molecule has 1 rings (SSSR count). The zero-order valence-corrected chi connectivity index (χ0v) is 14.0. The number of rotatable bonds is 8. The summed E-state index contributed by atoms with van der Waals surface area (Å²) in [7, 11) is 0. The molecule has 5 nitrogen and oxygen atoms in total. The Balaban J connectivity index is 2.85. The fourth-order valence-corrected chi connectivity index (χ4v) is 2.08. The highest BCUT2D eigenvalue weighted by Crippen LogP contribution is 2.29. The number of unbranched alkanes of at least 4 members (excludes halogenated alkanes) is 1. The first-order chi connectivity index (χ1) is 10.3. The summed E-state index contributed by atoms with van der Waals surface area (Å²) in [5.41, 5.74) is -1.28. The second kappa shape index (κ2) is 8.36.